The van der Waals surface area contributed by atoms with E-state index in [4.69, 9.17) is 9.25 Å². The lowest BCUT2D eigenvalue weighted by molar-refractivity contribution is -0.135. The maximum atomic E-state index is 12.6. The predicted octanol–water partition coefficient (Wildman–Crippen LogP) is 5.16. The number of hydrogen-bond donors (Lipinski definition) is 1. The third-order valence-electron chi connectivity index (χ3n) is 6.36. The summed E-state index contributed by atoms with van der Waals surface area (Å²) in [5.74, 6) is 1.11. The average Bonchev–Trinajstić information content (AvgIpc) is 3.20. The lowest BCUT2D eigenvalue weighted by Gasteiger charge is -2.22. The van der Waals surface area contributed by atoms with Crippen LogP contribution in [0.15, 0.2) is 34.7 Å². The van der Waals surface area contributed by atoms with E-state index in [-0.39, 0.29) is 24.2 Å². The van der Waals surface area contributed by atoms with Crippen LogP contribution in [0.25, 0.3) is 0 Å². The first-order chi connectivity index (χ1) is 15.9. The van der Waals surface area contributed by atoms with Crippen LogP contribution < -0.4 is 5.48 Å². The van der Waals surface area contributed by atoms with Gasteiger partial charge in [-0.2, -0.15) is 0 Å². The van der Waals surface area contributed by atoms with Crippen molar-refractivity contribution in [3.63, 3.8) is 0 Å². The van der Waals surface area contributed by atoms with E-state index < -0.39 is 0 Å². The Morgan fingerprint density at radius 3 is 2.61 bits per heavy atom. The second kappa shape index (κ2) is 12.5. The fraction of sp³-hybridized carbons (Fsp3) is 0.577. The van der Waals surface area contributed by atoms with E-state index >= 15 is 0 Å². The van der Waals surface area contributed by atoms with Crippen LogP contribution in [0.4, 0.5) is 0 Å². The minimum Gasteiger partial charge on any atom is -0.445 e. The summed E-state index contributed by atoms with van der Waals surface area (Å²) in [6.07, 6.45) is 9.76. The molecule has 0 aliphatic heterocycles. The van der Waals surface area contributed by atoms with Crippen molar-refractivity contribution in [2.45, 2.75) is 77.2 Å². The van der Waals surface area contributed by atoms with Gasteiger partial charge in [-0.25, -0.2) is 10.5 Å². The zero-order valence-corrected chi connectivity index (χ0v) is 20.1. The van der Waals surface area contributed by atoms with Crippen molar-refractivity contribution in [2.24, 2.45) is 5.92 Å². The van der Waals surface area contributed by atoms with E-state index in [9.17, 15) is 9.59 Å². The molecule has 1 heterocycles. The molecule has 2 amide bonds. The first-order valence-corrected chi connectivity index (χ1v) is 12.1. The Morgan fingerprint density at radius 2 is 1.91 bits per heavy atom. The van der Waals surface area contributed by atoms with Crippen molar-refractivity contribution in [3.05, 3.63) is 53.2 Å². The number of hydroxylamine groups is 1. The van der Waals surface area contributed by atoms with Gasteiger partial charge in [0.05, 0.1) is 6.61 Å². The number of carbonyl (C=O) groups is 2. The van der Waals surface area contributed by atoms with Gasteiger partial charge in [-0.15, -0.1) is 0 Å². The average molecular weight is 456 g/mol. The molecule has 7 nitrogen and oxygen atoms in total. The standard InChI is InChI=1S/C26H37N3O4/c1-19-24(26(31)29(2)3)27-25(33-19)22(16-10-15-20-11-6-4-7-12-20)17-23(30)28-32-18-21-13-8-5-9-14-21/h5,8-9,13-14,20,22H,4,6-7,10-12,15-18H2,1-3H3,(H,28,30)/t22-/m1/s1. The van der Waals surface area contributed by atoms with Crippen LogP contribution in [0.5, 0.6) is 0 Å². The van der Waals surface area contributed by atoms with Crippen LogP contribution in [0, 0.1) is 12.8 Å². The summed E-state index contributed by atoms with van der Waals surface area (Å²) in [7, 11) is 3.38. The van der Waals surface area contributed by atoms with Crippen LogP contribution in [0.3, 0.4) is 0 Å². The topological polar surface area (TPSA) is 84.7 Å². The molecule has 1 aromatic heterocycles. The number of aryl methyl sites for hydroxylation is 1. The van der Waals surface area contributed by atoms with E-state index in [1.807, 2.05) is 30.3 Å². The Hall–Kier alpha value is -2.67. The fourth-order valence-electron chi connectivity index (χ4n) is 4.48. The molecule has 0 radical (unpaired) electrons. The van der Waals surface area contributed by atoms with Gasteiger partial charge in [0.1, 0.15) is 5.76 Å². The second-order valence-electron chi connectivity index (χ2n) is 9.29. The molecule has 180 valence electrons. The van der Waals surface area contributed by atoms with Crippen LogP contribution >= 0.6 is 0 Å². The lowest BCUT2D eigenvalue weighted by Crippen LogP contribution is -2.25. The van der Waals surface area contributed by atoms with E-state index in [2.05, 4.69) is 10.5 Å². The van der Waals surface area contributed by atoms with E-state index in [1.165, 1.54) is 37.0 Å². The Kier molecular flexibility index (Phi) is 9.48. The Labute approximate surface area is 196 Å². The van der Waals surface area contributed by atoms with Gasteiger partial charge in [0, 0.05) is 26.4 Å². The number of carbonyl (C=O) groups excluding carboxylic acids is 2. The molecule has 1 fully saturated rings. The number of nitrogens with zero attached hydrogens (tertiary/aromatic N) is 2. The van der Waals surface area contributed by atoms with Crippen LogP contribution in [0.1, 0.15) is 91.4 Å². The predicted molar refractivity (Wildman–Crippen MR) is 126 cm³/mol. The molecule has 2 aromatic rings. The normalized spacial score (nSPS) is 15.2. The van der Waals surface area contributed by atoms with Crippen molar-refractivity contribution in [3.8, 4) is 0 Å². The number of rotatable bonds is 11. The number of nitrogens with one attached hydrogen (secondary N) is 1. The fourth-order valence-corrected chi connectivity index (χ4v) is 4.48. The van der Waals surface area contributed by atoms with Gasteiger partial charge in [-0.1, -0.05) is 75.3 Å². The molecule has 33 heavy (non-hydrogen) atoms. The molecule has 1 aliphatic carbocycles. The minimum absolute atomic E-state index is 0.195. The first-order valence-electron chi connectivity index (χ1n) is 12.1. The van der Waals surface area contributed by atoms with Gasteiger partial charge < -0.3 is 9.32 Å². The number of oxazole rings is 1. The van der Waals surface area contributed by atoms with Gasteiger partial charge in [0.2, 0.25) is 5.91 Å². The van der Waals surface area contributed by atoms with Crippen molar-refractivity contribution >= 4 is 11.8 Å². The quantitative estimate of drug-likeness (QED) is 0.473. The van der Waals surface area contributed by atoms with E-state index in [0.717, 1.165) is 30.7 Å². The molecule has 0 saturated heterocycles. The summed E-state index contributed by atoms with van der Waals surface area (Å²) in [4.78, 5) is 36.4. The first kappa shape index (κ1) is 25.0. The van der Waals surface area contributed by atoms with Crippen molar-refractivity contribution < 1.29 is 18.8 Å². The number of amides is 2. The highest BCUT2D eigenvalue weighted by molar-refractivity contribution is 5.92. The third kappa shape index (κ3) is 7.70. The number of hydrogen-bond acceptors (Lipinski definition) is 5. The third-order valence-corrected chi connectivity index (χ3v) is 6.36. The van der Waals surface area contributed by atoms with Gasteiger partial charge in [0.25, 0.3) is 5.91 Å². The molecular weight excluding hydrogens is 418 g/mol. The molecule has 0 unspecified atom stereocenters. The number of benzene rings is 1. The highest BCUT2D eigenvalue weighted by Gasteiger charge is 2.26. The van der Waals surface area contributed by atoms with Gasteiger partial charge in [-0.05, 0) is 24.8 Å². The molecule has 0 spiro atoms. The van der Waals surface area contributed by atoms with E-state index in [0.29, 0.717) is 24.0 Å². The SMILES string of the molecule is Cc1oc([C@H](CCCC2CCCCC2)CC(=O)NOCc2ccccc2)nc1C(=O)N(C)C. The summed E-state index contributed by atoms with van der Waals surface area (Å²) < 4.78 is 5.89. The zero-order valence-electron chi connectivity index (χ0n) is 20.1. The Balaban J connectivity index is 1.61. The molecular formula is C26H37N3O4. The molecule has 1 aliphatic rings. The van der Waals surface area contributed by atoms with Crippen molar-refractivity contribution in [2.75, 3.05) is 14.1 Å². The monoisotopic (exact) mass is 455 g/mol. The second-order valence-corrected chi connectivity index (χ2v) is 9.29. The lowest BCUT2D eigenvalue weighted by atomic mass is 9.84. The maximum absolute atomic E-state index is 12.6. The maximum Gasteiger partial charge on any atom is 0.275 e. The zero-order chi connectivity index (χ0) is 23.6. The van der Waals surface area contributed by atoms with Gasteiger partial charge in [-0.3, -0.25) is 14.4 Å². The summed E-state index contributed by atoms with van der Waals surface area (Å²) in [5.41, 5.74) is 3.85. The summed E-state index contributed by atoms with van der Waals surface area (Å²) >= 11 is 0. The molecule has 0 bridgehead atoms. The Morgan fingerprint density at radius 1 is 1.18 bits per heavy atom. The van der Waals surface area contributed by atoms with Crippen molar-refractivity contribution in [1.82, 2.24) is 15.4 Å². The van der Waals surface area contributed by atoms with Crippen LogP contribution in [-0.2, 0) is 16.2 Å². The van der Waals surface area contributed by atoms with E-state index in [1.54, 1.807) is 21.0 Å². The summed E-state index contributed by atoms with van der Waals surface area (Å²) in [6, 6.07) is 9.69. The largest absolute Gasteiger partial charge is 0.445 e. The molecule has 1 N–H and O–H groups in total. The van der Waals surface area contributed by atoms with Gasteiger partial charge >= 0.3 is 0 Å². The van der Waals surface area contributed by atoms with Crippen molar-refractivity contribution in [1.29, 1.82) is 0 Å². The smallest absolute Gasteiger partial charge is 0.275 e. The minimum atomic E-state index is -0.218. The Bertz CT molecular complexity index is 888. The van der Waals surface area contributed by atoms with Crippen LogP contribution in [-0.4, -0.2) is 35.8 Å². The van der Waals surface area contributed by atoms with Crippen LogP contribution in [0.2, 0.25) is 0 Å². The summed E-state index contributed by atoms with van der Waals surface area (Å²) in [6.45, 7) is 2.05. The highest BCUT2D eigenvalue weighted by Crippen LogP contribution is 2.32. The molecule has 7 heteroatoms. The molecule has 1 aromatic carbocycles. The number of aromatic nitrogens is 1. The summed E-state index contributed by atoms with van der Waals surface area (Å²) in [5, 5.41) is 0. The molecule has 1 atom stereocenters. The molecule has 1 saturated carbocycles. The molecule has 3 rings (SSSR count). The highest BCUT2D eigenvalue weighted by atomic mass is 16.6. The van der Waals surface area contributed by atoms with Gasteiger partial charge in [0.15, 0.2) is 11.6 Å².